The van der Waals surface area contributed by atoms with E-state index >= 15 is 0 Å². The lowest BCUT2D eigenvalue weighted by molar-refractivity contribution is -0.143. The van der Waals surface area contributed by atoms with Crippen LogP contribution in [0.2, 0.25) is 0 Å². The number of carboxylic acid groups (broad SMARTS) is 1. The predicted octanol–water partition coefficient (Wildman–Crippen LogP) is 8.64. The highest BCUT2D eigenvalue weighted by Crippen LogP contribution is 2.53. The van der Waals surface area contributed by atoms with Crippen LogP contribution >= 0.6 is 35.7 Å². The first-order valence-corrected chi connectivity index (χ1v) is 19.8. The number of amides is 2. The average molecular weight is 744 g/mol. The number of hydrogen-bond acceptors (Lipinski definition) is 7. The molecule has 0 spiro atoms. The summed E-state index contributed by atoms with van der Waals surface area (Å²) in [4.78, 5) is 44.4. The second-order valence-corrected chi connectivity index (χ2v) is 16.3. The van der Waals surface area contributed by atoms with E-state index in [0.717, 1.165) is 36.1 Å². The minimum Gasteiger partial charge on any atom is -0.480 e. The van der Waals surface area contributed by atoms with Crippen molar-refractivity contribution in [1.82, 2.24) is 9.80 Å². The molecular weight excluding hydrogens is 707 g/mol. The molecule has 3 heterocycles. The van der Waals surface area contributed by atoms with Crippen LogP contribution in [0, 0.1) is 0 Å². The Morgan fingerprint density at radius 3 is 2.19 bits per heavy atom. The van der Waals surface area contributed by atoms with Crippen LogP contribution in [0.4, 0.5) is 11.4 Å². The van der Waals surface area contributed by atoms with Crippen molar-refractivity contribution in [3.8, 4) is 0 Å². The fourth-order valence-electron chi connectivity index (χ4n) is 7.98. The quantitative estimate of drug-likeness (QED) is 0.104. The molecule has 4 aromatic carbocycles. The smallest absolute Gasteiger partial charge is 0.323 e. The number of carbonyl (C=O) groups excluding carboxylic acids is 2. The molecule has 4 aromatic rings. The Hall–Kier alpha value is -4.64. The molecule has 2 saturated heterocycles. The number of nitrogens with zero attached hydrogens (tertiary/aromatic N) is 3. The van der Waals surface area contributed by atoms with E-state index in [1.165, 1.54) is 61.3 Å². The zero-order valence-electron chi connectivity index (χ0n) is 28.6. The maximum Gasteiger partial charge on any atom is 0.323 e. The predicted molar refractivity (Wildman–Crippen MR) is 215 cm³/mol. The van der Waals surface area contributed by atoms with Crippen molar-refractivity contribution in [2.75, 3.05) is 18.0 Å². The molecule has 1 aliphatic carbocycles. The van der Waals surface area contributed by atoms with Crippen molar-refractivity contribution in [3.05, 3.63) is 136 Å². The molecule has 52 heavy (non-hydrogen) atoms. The first-order valence-electron chi connectivity index (χ1n) is 17.6. The van der Waals surface area contributed by atoms with Gasteiger partial charge in [0.05, 0.1) is 4.91 Å². The van der Waals surface area contributed by atoms with Crippen LogP contribution in [0.3, 0.4) is 0 Å². The molecule has 1 saturated carbocycles. The molecule has 4 aliphatic rings. The molecule has 4 unspecified atom stereocenters. The molecule has 2 amide bonds. The first kappa shape index (κ1) is 34.4. The lowest BCUT2D eigenvalue weighted by Gasteiger charge is -2.27. The summed E-state index contributed by atoms with van der Waals surface area (Å²) in [7, 11) is 0. The lowest BCUT2D eigenvalue weighted by atomic mass is 9.95. The minimum atomic E-state index is -1.12. The maximum absolute atomic E-state index is 13.7. The summed E-state index contributed by atoms with van der Waals surface area (Å²) in [5, 5.41) is 8.35. The van der Waals surface area contributed by atoms with E-state index in [-0.39, 0.29) is 11.8 Å². The molecule has 8 rings (SSSR count). The second kappa shape index (κ2) is 14.4. The third-order valence-electron chi connectivity index (χ3n) is 10.3. The van der Waals surface area contributed by atoms with Crippen molar-refractivity contribution >= 4 is 86.9 Å². The number of carboxylic acids is 1. The fourth-order valence-corrected chi connectivity index (χ4v) is 11.1. The largest absolute Gasteiger partial charge is 0.480 e. The van der Waals surface area contributed by atoms with Crippen molar-refractivity contribution in [2.24, 2.45) is 0 Å². The van der Waals surface area contributed by atoms with Crippen LogP contribution in [0.15, 0.2) is 108 Å². The summed E-state index contributed by atoms with van der Waals surface area (Å²) in [5.74, 6) is -1.29. The Kier molecular flexibility index (Phi) is 9.55. The van der Waals surface area contributed by atoms with Crippen molar-refractivity contribution in [2.45, 2.75) is 48.8 Å². The Morgan fingerprint density at radius 2 is 1.56 bits per heavy atom. The van der Waals surface area contributed by atoms with Gasteiger partial charge in [0.1, 0.15) is 21.5 Å². The molecule has 0 aromatic heterocycles. The fraction of sp³-hybridized carbons (Fsp3) is 0.238. The highest BCUT2D eigenvalue weighted by Gasteiger charge is 2.50. The topological polar surface area (TPSA) is 81.2 Å². The van der Waals surface area contributed by atoms with Gasteiger partial charge in [-0.2, -0.15) is 0 Å². The molecule has 0 radical (unpaired) electrons. The molecule has 3 fully saturated rings. The molecule has 262 valence electrons. The van der Waals surface area contributed by atoms with Gasteiger partial charge < -0.3 is 14.9 Å². The van der Waals surface area contributed by atoms with Gasteiger partial charge >= 0.3 is 5.97 Å². The van der Waals surface area contributed by atoms with Gasteiger partial charge in [0.15, 0.2) is 0 Å². The normalized spacial score (nSPS) is 23.1. The highest BCUT2D eigenvalue weighted by atomic mass is 32.2. The van der Waals surface area contributed by atoms with E-state index < -0.39 is 23.1 Å². The van der Waals surface area contributed by atoms with Gasteiger partial charge in [-0.05, 0) is 89.6 Å². The number of aliphatic carboxylic acids is 1. The van der Waals surface area contributed by atoms with E-state index in [2.05, 4.69) is 95.9 Å². The number of anilines is 2. The highest BCUT2D eigenvalue weighted by molar-refractivity contribution is 8.25. The monoisotopic (exact) mass is 743 g/mol. The van der Waals surface area contributed by atoms with E-state index in [1.54, 1.807) is 0 Å². The van der Waals surface area contributed by atoms with E-state index in [1.807, 2.05) is 31.2 Å². The van der Waals surface area contributed by atoms with E-state index in [0.29, 0.717) is 27.7 Å². The number of rotatable bonds is 9. The lowest BCUT2D eigenvalue weighted by Crippen LogP contribution is -2.45. The maximum atomic E-state index is 13.7. The first-order chi connectivity index (χ1) is 25.3. The van der Waals surface area contributed by atoms with Crippen LogP contribution < -0.4 is 4.90 Å². The van der Waals surface area contributed by atoms with Crippen LogP contribution in [-0.2, 0) is 14.4 Å². The summed E-state index contributed by atoms with van der Waals surface area (Å²) < 4.78 is 0.461. The summed E-state index contributed by atoms with van der Waals surface area (Å²) in [5.41, 5.74) is 9.16. The molecule has 10 heteroatoms. The van der Waals surface area contributed by atoms with Crippen molar-refractivity contribution in [3.63, 3.8) is 0 Å². The zero-order chi connectivity index (χ0) is 35.9. The second-order valence-electron chi connectivity index (χ2n) is 13.4. The van der Waals surface area contributed by atoms with Crippen molar-refractivity contribution < 1.29 is 19.5 Å². The van der Waals surface area contributed by atoms with Gasteiger partial charge in [0.25, 0.3) is 5.91 Å². The Morgan fingerprint density at radius 1 is 0.885 bits per heavy atom. The number of benzene rings is 4. The summed E-state index contributed by atoms with van der Waals surface area (Å²) in [6.45, 7) is 1.81. The molecular formula is C42H37N3O4S3. The molecule has 7 nitrogen and oxygen atoms in total. The van der Waals surface area contributed by atoms with E-state index in [4.69, 9.17) is 12.2 Å². The van der Waals surface area contributed by atoms with Gasteiger partial charge in [-0.25, -0.2) is 0 Å². The third kappa shape index (κ3) is 6.37. The number of thioether (sulfide) groups is 2. The Bertz CT molecular complexity index is 2080. The molecule has 3 aliphatic heterocycles. The van der Waals surface area contributed by atoms with Crippen LogP contribution in [0.5, 0.6) is 0 Å². The Balaban J connectivity index is 1.08. The summed E-state index contributed by atoms with van der Waals surface area (Å²) in [6, 6.07) is 36.5. The SMILES string of the molecule is CCN1C(=O)C(C2S/C(=C/c3ccc4c(c3)C3CCCC3N4c3ccc(C=C(c4ccccc4)c4ccccc4)cc3)C(=O)N2CC(=O)O)SC1=S. The van der Waals surface area contributed by atoms with Gasteiger partial charge in [0.2, 0.25) is 5.91 Å². The molecule has 4 atom stereocenters. The standard InChI is InChI=1S/C42H37N3O4S3/c1-2-43-40(49)38(52-42(43)50)41-44(25-37(46)47)39(48)36(51-41)24-27-18-21-35-33(23-27)31-14-9-15-34(31)45(35)30-19-16-26(17-20-30)22-32(28-10-5-3-6-11-28)29-12-7-4-8-13-29/h3-8,10-13,16-24,31,34,38,41H,2,9,14-15,25H2,1H3,(H,46,47)/b36-24+. The average Bonchev–Trinajstić information content (AvgIpc) is 3.90. The van der Waals surface area contributed by atoms with Gasteiger partial charge in [-0.3, -0.25) is 19.3 Å². The Labute approximate surface area is 317 Å². The van der Waals surface area contributed by atoms with Crippen LogP contribution in [0.1, 0.15) is 59.9 Å². The van der Waals surface area contributed by atoms with Gasteiger partial charge in [0, 0.05) is 29.9 Å². The van der Waals surface area contributed by atoms with E-state index in [9.17, 15) is 19.5 Å². The molecule has 1 N–H and O–H groups in total. The number of carbonyl (C=O) groups is 3. The molecule has 0 bridgehead atoms. The van der Waals surface area contributed by atoms with Gasteiger partial charge in [-0.1, -0.05) is 121 Å². The number of thiocarbonyl (C=S) groups is 1. The third-order valence-corrected chi connectivity index (χ3v) is 13.5. The minimum absolute atomic E-state index is 0.179. The zero-order valence-corrected chi connectivity index (χ0v) is 31.0. The van der Waals surface area contributed by atoms with Gasteiger partial charge in [-0.15, -0.1) is 0 Å². The summed E-state index contributed by atoms with van der Waals surface area (Å²) >= 11 is 7.92. The summed E-state index contributed by atoms with van der Waals surface area (Å²) in [6.07, 6.45) is 7.47. The van der Waals surface area contributed by atoms with Crippen molar-refractivity contribution in [1.29, 1.82) is 0 Å². The number of fused-ring (bicyclic) bond motifs is 3. The van der Waals surface area contributed by atoms with Crippen LogP contribution in [0.25, 0.3) is 17.7 Å². The van der Waals surface area contributed by atoms with Crippen LogP contribution in [-0.4, -0.2) is 66.8 Å². The number of hydrogen-bond donors (Lipinski definition) is 1.